The van der Waals surface area contributed by atoms with Gasteiger partial charge in [-0.15, -0.1) is 0 Å². The maximum absolute atomic E-state index is 14.9. The second kappa shape index (κ2) is 13.1. The Bertz CT molecular complexity index is 1590. The Balaban J connectivity index is 1.78. The number of carboxylic acid groups (broad SMARTS) is 1. The fourth-order valence-electron chi connectivity index (χ4n) is 5.31. The number of piperazine rings is 1. The minimum absolute atomic E-state index is 0.0338. The molecule has 1 amide bonds. The van der Waals surface area contributed by atoms with E-state index in [2.05, 4.69) is 48.8 Å². The molecule has 1 N–H and O–H groups in total. The Kier molecular flexibility index (Phi) is 10.1. The quantitative estimate of drug-likeness (QED) is 0.157. The number of carbonyl (C=O) groups is 1. The van der Waals surface area contributed by atoms with Crippen molar-refractivity contribution in [1.29, 1.82) is 0 Å². The minimum Gasteiger partial charge on any atom is -0.465 e. The van der Waals surface area contributed by atoms with Crippen LogP contribution in [-0.2, 0) is 10.8 Å². The zero-order chi connectivity index (χ0) is 32.6. The van der Waals surface area contributed by atoms with Crippen molar-refractivity contribution in [3.05, 3.63) is 51.0 Å². The van der Waals surface area contributed by atoms with E-state index in [0.717, 1.165) is 18.4 Å². The van der Waals surface area contributed by atoms with Gasteiger partial charge in [-0.25, -0.2) is 23.5 Å². The van der Waals surface area contributed by atoms with E-state index in [1.165, 1.54) is 15.5 Å². The van der Waals surface area contributed by atoms with E-state index < -0.39 is 25.9 Å². The maximum Gasteiger partial charge on any atom is 0.407 e. The highest BCUT2D eigenvalue weighted by Gasteiger charge is 2.37. The van der Waals surface area contributed by atoms with E-state index in [0.29, 0.717) is 29.8 Å². The van der Waals surface area contributed by atoms with E-state index in [1.807, 2.05) is 31.7 Å². The van der Waals surface area contributed by atoms with Crippen molar-refractivity contribution < 1.29 is 18.7 Å². The third-order valence-corrected chi connectivity index (χ3v) is 13.6. The largest absolute Gasteiger partial charge is 0.465 e. The van der Waals surface area contributed by atoms with Crippen LogP contribution in [0, 0.1) is 5.82 Å². The average molecular weight is 647 g/mol. The van der Waals surface area contributed by atoms with Crippen LogP contribution in [0.25, 0.3) is 16.7 Å². The molecule has 1 saturated heterocycles. The first-order valence-corrected chi connectivity index (χ1v) is 18.5. The molecule has 10 nitrogen and oxygen atoms in total. The summed E-state index contributed by atoms with van der Waals surface area (Å²) < 4.78 is 22.7. The van der Waals surface area contributed by atoms with Crippen molar-refractivity contribution in [3.63, 3.8) is 0 Å². The summed E-state index contributed by atoms with van der Waals surface area (Å²) in [6, 6.07) is 2.85. The monoisotopic (exact) mass is 646 g/mol. The van der Waals surface area contributed by atoms with Crippen molar-refractivity contribution in [2.45, 2.75) is 90.9 Å². The van der Waals surface area contributed by atoms with Crippen LogP contribution in [0.5, 0.6) is 0 Å². The highest BCUT2D eigenvalue weighted by Crippen LogP contribution is 2.37. The summed E-state index contributed by atoms with van der Waals surface area (Å²) in [6.07, 6.45) is 3.08. The topological polar surface area (TPSA) is 114 Å². The molecule has 240 valence electrons. The highest BCUT2D eigenvalue weighted by molar-refractivity contribution is 6.74. The first-order chi connectivity index (χ1) is 20.5. The van der Waals surface area contributed by atoms with Gasteiger partial charge in [-0.05, 0) is 67.9 Å². The Morgan fingerprint density at radius 1 is 1.23 bits per heavy atom. The minimum atomic E-state index is -1.85. The zero-order valence-corrected chi connectivity index (χ0v) is 28.7. The van der Waals surface area contributed by atoms with E-state index in [1.54, 1.807) is 6.20 Å². The van der Waals surface area contributed by atoms with Gasteiger partial charge in [-0.2, -0.15) is 4.98 Å². The highest BCUT2D eigenvalue weighted by atomic mass is 35.5. The molecule has 0 aliphatic carbocycles. The molecule has 1 atom stereocenters. The molecule has 1 aliphatic rings. The smallest absolute Gasteiger partial charge is 0.407 e. The molecule has 3 aromatic rings. The van der Waals surface area contributed by atoms with Crippen LogP contribution >= 0.6 is 11.6 Å². The normalized spacial score (nSPS) is 16.3. The lowest BCUT2D eigenvalue weighted by molar-refractivity contribution is 0.136. The summed E-state index contributed by atoms with van der Waals surface area (Å²) in [5.41, 5.74) is 1.77. The average Bonchev–Trinajstić information content (AvgIpc) is 2.93. The van der Waals surface area contributed by atoms with Gasteiger partial charge in [0.15, 0.2) is 24.9 Å². The molecular formula is C31H44ClFN6O4Si. The molecule has 0 radical (unpaired) electrons. The lowest BCUT2D eigenvalue weighted by Crippen LogP contribution is -2.54. The summed E-state index contributed by atoms with van der Waals surface area (Å²) in [7, 11) is -1.85. The molecule has 0 aromatic carbocycles. The number of fused-ring (bicyclic) bond motifs is 1. The fourth-order valence-corrected chi connectivity index (χ4v) is 6.53. The predicted octanol–water partition coefficient (Wildman–Crippen LogP) is 6.62. The number of hydrogen-bond donors (Lipinski definition) is 1. The third kappa shape index (κ3) is 6.92. The molecule has 0 saturated carbocycles. The number of aromatic nitrogens is 4. The van der Waals surface area contributed by atoms with Crippen LogP contribution in [0.4, 0.5) is 15.0 Å². The van der Waals surface area contributed by atoms with Crippen LogP contribution in [0.1, 0.15) is 71.6 Å². The van der Waals surface area contributed by atoms with E-state index in [9.17, 15) is 19.1 Å². The maximum atomic E-state index is 14.9. The van der Waals surface area contributed by atoms with Crippen molar-refractivity contribution >= 4 is 42.9 Å². The number of rotatable bonds is 9. The Morgan fingerprint density at radius 2 is 1.93 bits per heavy atom. The molecule has 4 heterocycles. The first-order valence-electron chi connectivity index (χ1n) is 15.2. The summed E-state index contributed by atoms with van der Waals surface area (Å²) >= 11 is 6.22. The van der Waals surface area contributed by atoms with Gasteiger partial charge in [-0.1, -0.05) is 46.2 Å². The van der Waals surface area contributed by atoms with Gasteiger partial charge in [0, 0.05) is 38.5 Å². The Morgan fingerprint density at radius 3 is 2.55 bits per heavy atom. The summed E-state index contributed by atoms with van der Waals surface area (Å²) in [4.78, 5) is 42.2. The van der Waals surface area contributed by atoms with E-state index >= 15 is 0 Å². The van der Waals surface area contributed by atoms with Gasteiger partial charge in [-0.3, -0.25) is 4.98 Å². The van der Waals surface area contributed by atoms with Crippen LogP contribution in [0.15, 0.2) is 23.1 Å². The number of unbranched alkanes of at least 4 members (excludes halogenated alkanes) is 1. The van der Waals surface area contributed by atoms with Gasteiger partial charge in [0.05, 0.1) is 16.8 Å². The zero-order valence-electron chi connectivity index (χ0n) is 26.9. The van der Waals surface area contributed by atoms with E-state index in [-0.39, 0.29) is 53.3 Å². The summed E-state index contributed by atoms with van der Waals surface area (Å²) in [6.45, 7) is 18.4. The Labute approximate surface area is 264 Å². The number of hydrogen-bond acceptors (Lipinski definition) is 7. The molecule has 44 heavy (non-hydrogen) atoms. The number of halogens is 2. The third-order valence-electron chi connectivity index (χ3n) is 8.84. The number of aryl methyl sites for hydroxylation is 1. The van der Waals surface area contributed by atoms with Crippen LogP contribution in [-0.4, -0.2) is 76.2 Å². The van der Waals surface area contributed by atoms with Crippen molar-refractivity contribution in [3.8, 4) is 5.69 Å². The van der Waals surface area contributed by atoms with Crippen molar-refractivity contribution in [1.82, 2.24) is 24.4 Å². The molecule has 0 spiro atoms. The molecule has 1 aliphatic heterocycles. The van der Waals surface area contributed by atoms with Crippen molar-refractivity contribution in [2.75, 3.05) is 31.1 Å². The molecule has 4 rings (SSSR count). The molecule has 3 aromatic heterocycles. The lowest BCUT2D eigenvalue weighted by atomic mass is 10.0. The second-order valence-electron chi connectivity index (χ2n) is 13.4. The number of anilines is 1. The van der Waals surface area contributed by atoms with Crippen LogP contribution < -0.4 is 10.6 Å². The summed E-state index contributed by atoms with van der Waals surface area (Å²) in [5.74, 6) is -0.517. The van der Waals surface area contributed by atoms with Crippen LogP contribution in [0.3, 0.4) is 0 Å². The molecule has 13 heteroatoms. The van der Waals surface area contributed by atoms with Gasteiger partial charge in [0.1, 0.15) is 5.82 Å². The van der Waals surface area contributed by atoms with Gasteiger partial charge in [0.25, 0.3) is 0 Å². The van der Waals surface area contributed by atoms with Gasteiger partial charge >= 0.3 is 11.8 Å². The molecular weight excluding hydrogens is 603 g/mol. The second-order valence-corrected chi connectivity index (χ2v) is 18.5. The van der Waals surface area contributed by atoms with Crippen LogP contribution in [0.2, 0.25) is 23.3 Å². The van der Waals surface area contributed by atoms with E-state index in [4.69, 9.17) is 16.0 Å². The number of nitrogens with zero attached hydrogens (tertiary/aromatic N) is 6. The number of amides is 1. The summed E-state index contributed by atoms with van der Waals surface area (Å²) in [5, 5.41) is 9.56. The van der Waals surface area contributed by atoms with Crippen molar-refractivity contribution in [2.24, 2.45) is 0 Å². The Hall–Kier alpha value is -3.09. The molecule has 1 fully saturated rings. The molecule has 1 unspecified atom stereocenters. The fraction of sp³-hybridized carbons (Fsp3) is 0.581. The molecule has 0 bridgehead atoms. The van der Waals surface area contributed by atoms with Gasteiger partial charge < -0.3 is 19.3 Å². The predicted molar refractivity (Wildman–Crippen MR) is 174 cm³/mol. The lowest BCUT2D eigenvalue weighted by Gasteiger charge is -2.39. The van der Waals surface area contributed by atoms with Gasteiger partial charge in [0.2, 0.25) is 0 Å². The first kappa shape index (κ1) is 33.8. The SMILES string of the molecule is CC(C)c1nccc(CCCCO[Si](C)(C)C(C)(C)C)c1-n1c(=O)nc(N2CCN(C(=O)O)CC2C)c2cc(F)c(Cl)nc21. The standard InChI is InChI=1S/C31H44ClFN6O4Si/c1-19(2)24-25(21(12-13-34-24)11-9-10-16-43-44(7,8)31(4,5)6)39-28-22(17-23(33)26(32)35-28)27(36-29(39)40)38-15-14-37(30(41)42)18-20(38)3/h12-13,17,19-20H,9-11,14-16,18H2,1-8H3,(H,41,42). The number of pyridine rings is 2.